The molecule has 0 aliphatic carbocycles. The second-order valence-electron chi connectivity index (χ2n) is 4.15. The summed E-state index contributed by atoms with van der Waals surface area (Å²) in [4.78, 5) is 12.4. The Bertz CT molecular complexity index is 628. The third-order valence-electron chi connectivity index (χ3n) is 2.75. The van der Waals surface area contributed by atoms with E-state index in [9.17, 15) is 0 Å². The number of rotatable bonds is 5. The van der Waals surface area contributed by atoms with E-state index in [2.05, 4.69) is 25.6 Å². The van der Waals surface area contributed by atoms with Crippen molar-refractivity contribution in [2.45, 2.75) is 6.92 Å². The Kier molecular flexibility index (Phi) is 4.64. The van der Waals surface area contributed by atoms with Gasteiger partial charge in [0.05, 0.1) is 19.9 Å². The molecule has 0 aliphatic rings. The first-order chi connectivity index (χ1) is 10.1. The lowest BCUT2D eigenvalue weighted by atomic mass is 10.2. The van der Waals surface area contributed by atoms with E-state index >= 15 is 0 Å². The Labute approximate surface area is 127 Å². The molecule has 2 N–H and O–H groups in total. The predicted octanol–water partition coefficient (Wildman–Crippen LogP) is 2.64. The highest BCUT2D eigenvalue weighted by atomic mass is 35.5. The van der Waals surface area contributed by atoms with Crippen molar-refractivity contribution < 1.29 is 9.47 Å². The molecule has 0 saturated heterocycles. The maximum Gasteiger partial charge on any atom is 0.322 e. The number of hydrogen-bond donors (Lipinski definition) is 2. The summed E-state index contributed by atoms with van der Waals surface area (Å²) in [6.07, 6.45) is 0. The summed E-state index contributed by atoms with van der Waals surface area (Å²) in [5.41, 5.74) is 1.62. The van der Waals surface area contributed by atoms with Crippen LogP contribution in [-0.4, -0.2) is 36.2 Å². The van der Waals surface area contributed by atoms with Gasteiger partial charge in [-0.3, -0.25) is 0 Å². The topological polar surface area (TPSA) is 81.2 Å². The largest absolute Gasteiger partial charge is 0.495 e. The summed E-state index contributed by atoms with van der Waals surface area (Å²) in [5, 5.41) is 6.54. The third kappa shape index (κ3) is 3.43. The van der Waals surface area contributed by atoms with Crippen LogP contribution in [0.5, 0.6) is 11.8 Å². The lowest BCUT2D eigenvalue weighted by Crippen LogP contribution is -2.06. The molecular weight excluding hydrogens is 294 g/mol. The van der Waals surface area contributed by atoms with Gasteiger partial charge in [-0.15, -0.1) is 0 Å². The molecule has 8 heteroatoms. The van der Waals surface area contributed by atoms with Crippen molar-refractivity contribution in [2.75, 3.05) is 31.9 Å². The van der Waals surface area contributed by atoms with E-state index in [4.69, 9.17) is 21.1 Å². The number of methoxy groups -OCH3 is 2. The van der Waals surface area contributed by atoms with E-state index in [0.29, 0.717) is 28.4 Å². The van der Waals surface area contributed by atoms with Crippen molar-refractivity contribution in [3.63, 3.8) is 0 Å². The SMILES string of the molecule is CNc1nc(Nc2cc(C)c(Cl)cc2OC)nc(OC)n1. The number of aromatic nitrogens is 3. The molecule has 0 atom stereocenters. The summed E-state index contributed by atoms with van der Waals surface area (Å²) in [5.74, 6) is 1.33. The second kappa shape index (κ2) is 6.45. The fraction of sp³-hybridized carbons (Fsp3) is 0.308. The van der Waals surface area contributed by atoms with Gasteiger partial charge in [-0.2, -0.15) is 15.0 Å². The molecule has 21 heavy (non-hydrogen) atoms. The normalized spacial score (nSPS) is 10.1. The summed E-state index contributed by atoms with van der Waals surface area (Å²) in [7, 11) is 4.77. The van der Waals surface area contributed by atoms with Crippen LogP contribution in [0, 0.1) is 6.92 Å². The van der Waals surface area contributed by atoms with E-state index in [-0.39, 0.29) is 6.01 Å². The highest BCUT2D eigenvalue weighted by Gasteiger charge is 2.11. The zero-order chi connectivity index (χ0) is 15.4. The predicted molar refractivity (Wildman–Crippen MR) is 81.9 cm³/mol. The van der Waals surface area contributed by atoms with Crippen molar-refractivity contribution in [3.8, 4) is 11.8 Å². The highest BCUT2D eigenvalue weighted by Crippen LogP contribution is 2.32. The molecule has 0 spiro atoms. The third-order valence-corrected chi connectivity index (χ3v) is 3.16. The minimum absolute atomic E-state index is 0.210. The molecule has 112 valence electrons. The van der Waals surface area contributed by atoms with Gasteiger partial charge < -0.3 is 20.1 Å². The van der Waals surface area contributed by atoms with Crippen molar-refractivity contribution in [2.24, 2.45) is 0 Å². The van der Waals surface area contributed by atoms with Gasteiger partial charge in [-0.05, 0) is 18.6 Å². The number of halogens is 1. The molecule has 2 rings (SSSR count). The molecule has 1 aromatic carbocycles. The molecule has 1 heterocycles. The average molecular weight is 310 g/mol. The molecule has 0 bridgehead atoms. The second-order valence-corrected chi connectivity index (χ2v) is 4.55. The van der Waals surface area contributed by atoms with Crippen LogP contribution in [-0.2, 0) is 0 Å². The Hall–Kier alpha value is -2.28. The van der Waals surface area contributed by atoms with E-state index in [1.165, 1.54) is 7.11 Å². The van der Waals surface area contributed by atoms with Crippen molar-refractivity contribution in [1.29, 1.82) is 0 Å². The molecule has 7 nitrogen and oxygen atoms in total. The molecule has 2 aromatic rings. The average Bonchev–Trinajstić information content (AvgIpc) is 2.50. The van der Waals surface area contributed by atoms with E-state index in [1.807, 2.05) is 13.0 Å². The number of hydrogen-bond acceptors (Lipinski definition) is 7. The van der Waals surface area contributed by atoms with Crippen LogP contribution in [0.2, 0.25) is 5.02 Å². The lowest BCUT2D eigenvalue weighted by molar-refractivity contribution is 0.379. The number of nitrogens with zero attached hydrogens (tertiary/aromatic N) is 3. The minimum atomic E-state index is 0.210. The molecule has 0 unspecified atom stereocenters. The Morgan fingerprint density at radius 1 is 1.05 bits per heavy atom. The van der Waals surface area contributed by atoms with Crippen LogP contribution in [0.15, 0.2) is 12.1 Å². The van der Waals surface area contributed by atoms with Crippen molar-refractivity contribution >= 4 is 29.2 Å². The summed E-state index contributed by atoms with van der Waals surface area (Å²) >= 11 is 6.08. The monoisotopic (exact) mass is 309 g/mol. The van der Waals surface area contributed by atoms with Gasteiger partial charge in [0.25, 0.3) is 0 Å². The van der Waals surface area contributed by atoms with Gasteiger partial charge in [-0.1, -0.05) is 11.6 Å². The smallest absolute Gasteiger partial charge is 0.322 e. The zero-order valence-electron chi connectivity index (χ0n) is 12.2. The first-order valence-corrected chi connectivity index (χ1v) is 6.54. The number of aryl methyl sites for hydroxylation is 1. The van der Waals surface area contributed by atoms with Gasteiger partial charge in [0.1, 0.15) is 5.75 Å². The summed E-state index contributed by atoms with van der Waals surface area (Å²) in [6.45, 7) is 1.90. The van der Waals surface area contributed by atoms with Crippen LogP contribution in [0.25, 0.3) is 0 Å². The highest BCUT2D eigenvalue weighted by molar-refractivity contribution is 6.31. The zero-order valence-corrected chi connectivity index (χ0v) is 12.9. The van der Waals surface area contributed by atoms with E-state index in [0.717, 1.165) is 5.56 Å². The van der Waals surface area contributed by atoms with Crippen LogP contribution in [0.3, 0.4) is 0 Å². The Morgan fingerprint density at radius 2 is 1.76 bits per heavy atom. The molecule has 0 amide bonds. The molecule has 1 aromatic heterocycles. The van der Waals surface area contributed by atoms with E-state index < -0.39 is 0 Å². The van der Waals surface area contributed by atoms with Crippen LogP contribution in [0.4, 0.5) is 17.6 Å². The maximum absolute atomic E-state index is 6.08. The van der Waals surface area contributed by atoms with Gasteiger partial charge in [0, 0.05) is 18.1 Å². The number of nitrogens with one attached hydrogen (secondary N) is 2. The standard InChI is InChI=1S/C13H16ClN5O2/c1-7-5-9(10(20-3)6-8(7)14)16-12-17-11(15-2)18-13(19-12)21-4/h5-6H,1-4H3,(H2,15,16,17,18,19). The number of ether oxygens (including phenoxy) is 2. The van der Waals surface area contributed by atoms with Crippen LogP contribution >= 0.6 is 11.6 Å². The number of benzene rings is 1. The Balaban J connectivity index is 2.39. The number of anilines is 3. The molecule has 0 radical (unpaired) electrons. The van der Waals surface area contributed by atoms with Crippen molar-refractivity contribution in [3.05, 3.63) is 22.7 Å². The van der Waals surface area contributed by atoms with Gasteiger partial charge in [0.2, 0.25) is 11.9 Å². The van der Waals surface area contributed by atoms with Crippen LogP contribution in [0.1, 0.15) is 5.56 Å². The van der Waals surface area contributed by atoms with Gasteiger partial charge in [-0.25, -0.2) is 0 Å². The fourth-order valence-electron chi connectivity index (χ4n) is 1.67. The fourth-order valence-corrected chi connectivity index (χ4v) is 1.82. The first-order valence-electron chi connectivity index (χ1n) is 6.16. The van der Waals surface area contributed by atoms with Crippen molar-refractivity contribution in [1.82, 2.24) is 15.0 Å². The molecule has 0 aliphatic heterocycles. The molecule has 0 saturated carbocycles. The summed E-state index contributed by atoms with van der Waals surface area (Å²) < 4.78 is 10.3. The quantitative estimate of drug-likeness (QED) is 0.878. The summed E-state index contributed by atoms with van der Waals surface area (Å²) in [6, 6.07) is 3.80. The first kappa shape index (κ1) is 15.1. The molecular formula is C13H16ClN5O2. The molecule has 0 fully saturated rings. The van der Waals surface area contributed by atoms with E-state index in [1.54, 1.807) is 20.2 Å². The van der Waals surface area contributed by atoms with Gasteiger partial charge in [0.15, 0.2) is 0 Å². The van der Waals surface area contributed by atoms with Crippen LogP contribution < -0.4 is 20.1 Å². The minimum Gasteiger partial charge on any atom is -0.495 e. The Morgan fingerprint density at radius 3 is 2.38 bits per heavy atom. The van der Waals surface area contributed by atoms with Gasteiger partial charge >= 0.3 is 6.01 Å². The lowest BCUT2D eigenvalue weighted by Gasteiger charge is -2.13. The maximum atomic E-state index is 6.08.